The van der Waals surface area contributed by atoms with Crippen LogP contribution in [0.25, 0.3) is 0 Å². The molecule has 1 aromatic rings. The van der Waals surface area contributed by atoms with Crippen molar-refractivity contribution in [3.8, 4) is 0 Å². The number of hydrogen-bond acceptors (Lipinski definition) is 5. The third-order valence-electron chi connectivity index (χ3n) is 1.98. The van der Waals surface area contributed by atoms with Crippen LogP contribution in [-0.2, 0) is 11.3 Å². The van der Waals surface area contributed by atoms with Crippen molar-refractivity contribution in [2.45, 2.75) is 19.0 Å². The number of carbonyl (C=O) groups is 1. The summed E-state index contributed by atoms with van der Waals surface area (Å²) < 4.78 is 4.56. The standard InChI is InChI=1S/C7H10N4O2/c8-5-1-7(12)11(2-5)3-6-9-4-13-10-6/h4-5H,1-3,8H2. The molecule has 1 amide bonds. The Morgan fingerprint density at radius 1 is 1.77 bits per heavy atom. The van der Waals surface area contributed by atoms with Crippen molar-refractivity contribution < 1.29 is 9.32 Å². The highest BCUT2D eigenvalue weighted by molar-refractivity contribution is 5.79. The van der Waals surface area contributed by atoms with Gasteiger partial charge < -0.3 is 15.2 Å². The lowest BCUT2D eigenvalue weighted by Crippen LogP contribution is -2.28. The van der Waals surface area contributed by atoms with Gasteiger partial charge in [0.25, 0.3) is 0 Å². The number of nitrogens with zero attached hydrogens (tertiary/aromatic N) is 3. The Morgan fingerprint density at radius 3 is 3.15 bits per heavy atom. The predicted molar refractivity (Wildman–Crippen MR) is 42.3 cm³/mol. The molecular formula is C7H10N4O2. The lowest BCUT2D eigenvalue weighted by atomic mass is 10.3. The second kappa shape index (κ2) is 3.14. The maximum Gasteiger partial charge on any atom is 0.224 e. The molecule has 0 aliphatic carbocycles. The van der Waals surface area contributed by atoms with Crippen LogP contribution in [0.5, 0.6) is 0 Å². The van der Waals surface area contributed by atoms with Gasteiger partial charge in [-0.15, -0.1) is 0 Å². The molecule has 1 atom stereocenters. The molecule has 0 bridgehead atoms. The monoisotopic (exact) mass is 182 g/mol. The smallest absolute Gasteiger partial charge is 0.224 e. The van der Waals surface area contributed by atoms with E-state index in [4.69, 9.17) is 5.73 Å². The zero-order chi connectivity index (χ0) is 9.26. The average molecular weight is 182 g/mol. The molecule has 2 rings (SSSR count). The van der Waals surface area contributed by atoms with Crippen LogP contribution in [-0.4, -0.2) is 33.5 Å². The number of amides is 1. The van der Waals surface area contributed by atoms with E-state index in [-0.39, 0.29) is 11.9 Å². The fourth-order valence-electron chi connectivity index (χ4n) is 1.39. The molecule has 0 saturated carbocycles. The van der Waals surface area contributed by atoms with Crippen LogP contribution in [0.4, 0.5) is 0 Å². The summed E-state index contributed by atoms with van der Waals surface area (Å²) in [5.41, 5.74) is 5.62. The van der Waals surface area contributed by atoms with Gasteiger partial charge in [0, 0.05) is 19.0 Å². The van der Waals surface area contributed by atoms with Gasteiger partial charge in [0.2, 0.25) is 12.3 Å². The van der Waals surface area contributed by atoms with Crippen LogP contribution < -0.4 is 5.73 Å². The zero-order valence-electron chi connectivity index (χ0n) is 7.01. The fourth-order valence-corrected chi connectivity index (χ4v) is 1.39. The highest BCUT2D eigenvalue weighted by Crippen LogP contribution is 2.11. The van der Waals surface area contributed by atoms with Crippen molar-refractivity contribution in [2.24, 2.45) is 5.73 Å². The van der Waals surface area contributed by atoms with Crippen LogP contribution >= 0.6 is 0 Å². The molecule has 6 heteroatoms. The molecule has 2 heterocycles. The Morgan fingerprint density at radius 2 is 2.62 bits per heavy atom. The van der Waals surface area contributed by atoms with E-state index >= 15 is 0 Å². The van der Waals surface area contributed by atoms with Gasteiger partial charge in [0.1, 0.15) is 0 Å². The zero-order valence-corrected chi connectivity index (χ0v) is 7.01. The highest BCUT2D eigenvalue weighted by Gasteiger charge is 2.27. The topological polar surface area (TPSA) is 85.3 Å². The molecule has 0 aromatic carbocycles. The number of likely N-dealkylation sites (tertiary alicyclic amines) is 1. The van der Waals surface area contributed by atoms with E-state index in [1.165, 1.54) is 6.39 Å². The Balaban J connectivity index is 1.99. The maximum atomic E-state index is 11.3. The summed E-state index contributed by atoms with van der Waals surface area (Å²) in [5.74, 6) is 0.569. The summed E-state index contributed by atoms with van der Waals surface area (Å²) in [4.78, 5) is 16.7. The third-order valence-corrected chi connectivity index (χ3v) is 1.98. The number of nitrogens with two attached hydrogens (primary N) is 1. The SMILES string of the molecule is NC1CC(=O)N(Cc2ncon2)C1. The van der Waals surface area contributed by atoms with Gasteiger partial charge in [0.15, 0.2) is 5.82 Å². The fraction of sp³-hybridized carbons (Fsp3) is 0.571. The maximum absolute atomic E-state index is 11.3. The van der Waals surface area contributed by atoms with Gasteiger partial charge in [-0.2, -0.15) is 4.98 Å². The quantitative estimate of drug-likeness (QED) is 0.642. The molecule has 1 unspecified atom stereocenters. The summed E-state index contributed by atoms with van der Waals surface area (Å²) in [6, 6.07) is -0.0561. The van der Waals surface area contributed by atoms with Gasteiger partial charge in [0.05, 0.1) is 6.54 Å². The van der Waals surface area contributed by atoms with E-state index in [0.717, 1.165) is 0 Å². The van der Waals surface area contributed by atoms with Crippen LogP contribution in [0.2, 0.25) is 0 Å². The van der Waals surface area contributed by atoms with Gasteiger partial charge in [-0.05, 0) is 0 Å². The lowest BCUT2D eigenvalue weighted by Gasteiger charge is -2.12. The van der Waals surface area contributed by atoms with Gasteiger partial charge in [-0.25, -0.2) is 0 Å². The van der Waals surface area contributed by atoms with E-state index in [9.17, 15) is 4.79 Å². The second-order valence-corrected chi connectivity index (χ2v) is 3.09. The summed E-state index contributed by atoms with van der Waals surface area (Å²) >= 11 is 0. The first-order chi connectivity index (χ1) is 6.25. The summed E-state index contributed by atoms with van der Waals surface area (Å²) in [5, 5.41) is 3.62. The predicted octanol–water partition coefficient (Wildman–Crippen LogP) is -0.871. The highest BCUT2D eigenvalue weighted by atomic mass is 16.5. The molecule has 1 fully saturated rings. The van der Waals surface area contributed by atoms with E-state index in [0.29, 0.717) is 25.3 Å². The number of carbonyl (C=O) groups excluding carboxylic acids is 1. The van der Waals surface area contributed by atoms with Crippen LogP contribution in [0.3, 0.4) is 0 Å². The first kappa shape index (κ1) is 8.18. The summed E-state index contributed by atoms with van der Waals surface area (Å²) in [6.45, 7) is 0.969. The first-order valence-electron chi connectivity index (χ1n) is 4.04. The van der Waals surface area contributed by atoms with Crippen LogP contribution in [0.1, 0.15) is 12.2 Å². The van der Waals surface area contributed by atoms with Crippen LogP contribution in [0, 0.1) is 0 Å². The van der Waals surface area contributed by atoms with Gasteiger partial charge in [-0.3, -0.25) is 4.79 Å². The lowest BCUT2D eigenvalue weighted by molar-refractivity contribution is -0.128. The van der Waals surface area contributed by atoms with Crippen molar-refractivity contribution in [3.63, 3.8) is 0 Å². The number of hydrogen-bond donors (Lipinski definition) is 1. The molecule has 6 nitrogen and oxygen atoms in total. The molecule has 0 radical (unpaired) electrons. The molecule has 1 aliphatic heterocycles. The van der Waals surface area contributed by atoms with Crippen molar-refractivity contribution in [3.05, 3.63) is 12.2 Å². The number of rotatable bonds is 2. The summed E-state index contributed by atoms with van der Waals surface area (Å²) in [6.07, 6.45) is 1.66. The third kappa shape index (κ3) is 1.67. The Kier molecular flexibility index (Phi) is 1.97. The van der Waals surface area contributed by atoms with Gasteiger partial charge >= 0.3 is 0 Å². The van der Waals surface area contributed by atoms with Crippen molar-refractivity contribution in [2.75, 3.05) is 6.54 Å². The van der Waals surface area contributed by atoms with E-state index in [2.05, 4.69) is 14.7 Å². The van der Waals surface area contributed by atoms with Gasteiger partial charge in [-0.1, -0.05) is 5.16 Å². The minimum Gasteiger partial charge on any atom is -0.343 e. The number of aromatic nitrogens is 2. The second-order valence-electron chi connectivity index (χ2n) is 3.09. The average Bonchev–Trinajstić information content (AvgIpc) is 2.63. The molecule has 2 N–H and O–H groups in total. The first-order valence-corrected chi connectivity index (χ1v) is 4.04. The van der Waals surface area contributed by atoms with Crippen LogP contribution in [0.15, 0.2) is 10.9 Å². The molecule has 1 aliphatic rings. The van der Waals surface area contributed by atoms with E-state index in [1.54, 1.807) is 4.90 Å². The Hall–Kier alpha value is -1.43. The van der Waals surface area contributed by atoms with E-state index < -0.39 is 0 Å². The Labute approximate surface area is 74.7 Å². The molecular weight excluding hydrogens is 172 g/mol. The summed E-state index contributed by atoms with van der Waals surface area (Å²) in [7, 11) is 0. The minimum atomic E-state index is -0.0561. The molecule has 0 spiro atoms. The normalized spacial score (nSPS) is 22.7. The van der Waals surface area contributed by atoms with E-state index in [1.807, 2.05) is 0 Å². The molecule has 70 valence electrons. The molecule has 1 aromatic heterocycles. The Bertz CT molecular complexity index is 297. The minimum absolute atomic E-state index is 0.0531. The van der Waals surface area contributed by atoms with Crippen molar-refractivity contribution >= 4 is 5.91 Å². The van der Waals surface area contributed by atoms with Crippen molar-refractivity contribution in [1.29, 1.82) is 0 Å². The molecule has 13 heavy (non-hydrogen) atoms. The molecule has 1 saturated heterocycles. The largest absolute Gasteiger partial charge is 0.343 e. The van der Waals surface area contributed by atoms with Crippen molar-refractivity contribution in [1.82, 2.24) is 15.0 Å².